The fourth-order valence-corrected chi connectivity index (χ4v) is 4.95. The molecule has 0 atom stereocenters. The number of halogens is 3. The fraction of sp³-hybridized carbons (Fsp3) is 0.208. The van der Waals surface area contributed by atoms with Gasteiger partial charge in [0.05, 0.1) is 10.3 Å². The second-order valence-electron chi connectivity index (χ2n) is 7.92. The number of hydrogen-bond acceptors (Lipinski definition) is 4. The maximum atomic E-state index is 13.9. The molecule has 10 heteroatoms. The predicted molar refractivity (Wildman–Crippen MR) is 120 cm³/mol. The van der Waals surface area contributed by atoms with Crippen molar-refractivity contribution in [3.63, 3.8) is 0 Å². The number of ether oxygens (including phenoxy) is 1. The van der Waals surface area contributed by atoms with Gasteiger partial charge in [-0.3, -0.25) is 9.52 Å². The average molecular weight is 491 g/mol. The van der Waals surface area contributed by atoms with Crippen LogP contribution in [0.4, 0.5) is 24.5 Å². The lowest BCUT2D eigenvalue weighted by Gasteiger charge is -2.36. The molecule has 1 heterocycles. The third kappa shape index (κ3) is 4.92. The Bertz CT molecular complexity index is 1310. The van der Waals surface area contributed by atoms with Gasteiger partial charge >= 0.3 is 0 Å². The summed E-state index contributed by atoms with van der Waals surface area (Å²) < 4.78 is 73.0. The first-order valence-electron chi connectivity index (χ1n) is 10.4. The van der Waals surface area contributed by atoms with Gasteiger partial charge in [-0.05, 0) is 73.0 Å². The molecule has 1 aliphatic rings. The first kappa shape index (κ1) is 23.8. The summed E-state index contributed by atoms with van der Waals surface area (Å²) in [4.78, 5) is 12.9. The van der Waals surface area contributed by atoms with E-state index in [2.05, 4.69) is 10.0 Å². The Morgan fingerprint density at radius 2 is 1.53 bits per heavy atom. The largest absolute Gasteiger partial charge is 0.381 e. The highest BCUT2D eigenvalue weighted by Crippen LogP contribution is 2.36. The molecule has 2 N–H and O–H groups in total. The number of nitrogens with one attached hydrogen (secondary N) is 2. The van der Waals surface area contributed by atoms with Crippen LogP contribution in [0.1, 0.15) is 18.4 Å². The zero-order chi connectivity index (χ0) is 24.3. The van der Waals surface area contributed by atoms with Gasteiger partial charge < -0.3 is 10.1 Å². The fourth-order valence-electron chi connectivity index (χ4n) is 3.88. The summed E-state index contributed by atoms with van der Waals surface area (Å²) >= 11 is 0. The van der Waals surface area contributed by atoms with Crippen LogP contribution in [0.5, 0.6) is 0 Å². The molecular weight excluding hydrogens is 469 g/mol. The van der Waals surface area contributed by atoms with E-state index in [9.17, 15) is 26.4 Å². The summed E-state index contributed by atoms with van der Waals surface area (Å²) in [6, 6.07) is 14.0. The van der Waals surface area contributed by atoms with Crippen molar-refractivity contribution >= 4 is 27.3 Å². The van der Waals surface area contributed by atoms with E-state index in [1.807, 2.05) is 0 Å². The van der Waals surface area contributed by atoms with Crippen molar-refractivity contribution < 1.29 is 31.1 Å². The third-order valence-electron chi connectivity index (χ3n) is 5.75. The summed E-state index contributed by atoms with van der Waals surface area (Å²) in [5, 5.41) is 2.82. The first-order chi connectivity index (χ1) is 16.2. The molecule has 0 aliphatic carbocycles. The summed E-state index contributed by atoms with van der Waals surface area (Å²) in [5.41, 5.74) is 0.161. The van der Waals surface area contributed by atoms with Crippen LogP contribution in [0.2, 0.25) is 0 Å². The summed E-state index contributed by atoms with van der Waals surface area (Å²) in [7, 11) is -4.15. The minimum atomic E-state index is -4.15. The maximum absolute atomic E-state index is 13.9. The molecule has 0 spiro atoms. The lowest BCUT2D eigenvalue weighted by molar-refractivity contribution is -0.125. The Labute approximate surface area is 194 Å². The van der Waals surface area contributed by atoms with Crippen LogP contribution in [0.3, 0.4) is 0 Å². The third-order valence-corrected chi connectivity index (χ3v) is 7.13. The SMILES string of the molecule is O=C(Nc1ccc(NS(=O)(=O)c2ccc(F)c(F)c2)cc1)C1(c2cccc(F)c2)CCOCC1. The number of carbonyl (C=O) groups is 1. The van der Waals surface area contributed by atoms with Crippen LogP contribution < -0.4 is 10.0 Å². The van der Waals surface area contributed by atoms with Crippen LogP contribution in [0.15, 0.2) is 71.6 Å². The number of amides is 1. The predicted octanol–water partition coefficient (Wildman–Crippen LogP) is 4.59. The molecule has 0 bridgehead atoms. The number of carbonyl (C=O) groups excluding carboxylic acids is 1. The van der Waals surface area contributed by atoms with E-state index < -0.39 is 37.8 Å². The van der Waals surface area contributed by atoms with Gasteiger partial charge in [-0.1, -0.05) is 12.1 Å². The lowest BCUT2D eigenvalue weighted by atomic mass is 9.73. The van der Waals surface area contributed by atoms with Gasteiger partial charge in [-0.15, -0.1) is 0 Å². The zero-order valence-corrected chi connectivity index (χ0v) is 18.7. The van der Waals surface area contributed by atoms with Crippen molar-refractivity contribution in [1.29, 1.82) is 0 Å². The van der Waals surface area contributed by atoms with E-state index in [1.54, 1.807) is 12.1 Å². The Morgan fingerprint density at radius 1 is 0.853 bits per heavy atom. The molecule has 1 saturated heterocycles. The van der Waals surface area contributed by atoms with Crippen molar-refractivity contribution in [3.05, 3.63) is 89.7 Å². The summed E-state index contributed by atoms with van der Waals surface area (Å²) in [6.45, 7) is 0.712. The molecule has 1 fully saturated rings. The van der Waals surface area contributed by atoms with Gasteiger partial charge in [-0.2, -0.15) is 0 Å². The van der Waals surface area contributed by atoms with Gasteiger partial charge in [0.15, 0.2) is 11.6 Å². The lowest BCUT2D eigenvalue weighted by Crippen LogP contribution is -2.44. The molecule has 178 valence electrons. The number of hydrogen-bond donors (Lipinski definition) is 2. The van der Waals surface area contributed by atoms with E-state index in [1.165, 1.54) is 36.4 Å². The smallest absolute Gasteiger partial charge is 0.261 e. The Kier molecular flexibility index (Phi) is 6.63. The molecule has 1 aliphatic heterocycles. The first-order valence-corrected chi connectivity index (χ1v) is 11.9. The van der Waals surface area contributed by atoms with Crippen molar-refractivity contribution in [2.24, 2.45) is 0 Å². The molecule has 6 nitrogen and oxygen atoms in total. The second-order valence-corrected chi connectivity index (χ2v) is 9.60. The Morgan fingerprint density at radius 3 is 2.18 bits per heavy atom. The molecule has 0 unspecified atom stereocenters. The number of sulfonamides is 1. The van der Waals surface area contributed by atoms with E-state index in [0.717, 1.165) is 12.1 Å². The molecule has 4 rings (SSSR count). The average Bonchev–Trinajstić information content (AvgIpc) is 2.82. The molecule has 3 aromatic carbocycles. The second kappa shape index (κ2) is 9.47. The van der Waals surface area contributed by atoms with Crippen LogP contribution in [0, 0.1) is 17.5 Å². The van der Waals surface area contributed by atoms with Gasteiger partial charge in [0.25, 0.3) is 10.0 Å². The maximum Gasteiger partial charge on any atom is 0.261 e. The van der Waals surface area contributed by atoms with Crippen LogP contribution in [-0.4, -0.2) is 27.5 Å². The quantitative estimate of drug-likeness (QED) is 0.529. The van der Waals surface area contributed by atoms with Crippen molar-refractivity contribution in [2.45, 2.75) is 23.2 Å². The van der Waals surface area contributed by atoms with E-state index >= 15 is 0 Å². The normalized spacial score (nSPS) is 15.5. The van der Waals surface area contributed by atoms with E-state index in [4.69, 9.17) is 4.74 Å². The minimum Gasteiger partial charge on any atom is -0.381 e. The molecular formula is C24H21F3N2O4S. The number of benzene rings is 3. The number of anilines is 2. The van der Waals surface area contributed by atoms with Gasteiger partial charge in [0, 0.05) is 24.6 Å². The van der Waals surface area contributed by atoms with Crippen molar-refractivity contribution in [1.82, 2.24) is 0 Å². The summed E-state index contributed by atoms with van der Waals surface area (Å²) in [5.74, 6) is -3.19. The minimum absolute atomic E-state index is 0.161. The molecule has 0 radical (unpaired) electrons. The highest BCUT2D eigenvalue weighted by atomic mass is 32.2. The standard InChI is InChI=1S/C24H21F3N2O4S/c25-17-3-1-2-16(14-17)24(10-12-33-13-11-24)23(30)28-18-4-6-19(7-5-18)29-34(31,32)20-8-9-21(26)22(27)15-20/h1-9,14-15,29H,10-13H2,(H,28,30). The van der Waals surface area contributed by atoms with E-state index in [0.29, 0.717) is 43.4 Å². The Hall–Kier alpha value is -3.37. The molecule has 34 heavy (non-hydrogen) atoms. The highest BCUT2D eigenvalue weighted by Gasteiger charge is 2.42. The van der Waals surface area contributed by atoms with Gasteiger partial charge in [0.2, 0.25) is 5.91 Å². The monoisotopic (exact) mass is 490 g/mol. The van der Waals surface area contributed by atoms with Crippen LogP contribution >= 0.6 is 0 Å². The molecule has 0 saturated carbocycles. The molecule has 0 aromatic heterocycles. The number of rotatable bonds is 6. The van der Waals surface area contributed by atoms with Crippen LogP contribution in [0.25, 0.3) is 0 Å². The van der Waals surface area contributed by atoms with E-state index in [-0.39, 0.29) is 11.6 Å². The molecule has 3 aromatic rings. The van der Waals surface area contributed by atoms with Crippen molar-refractivity contribution in [2.75, 3.05) is 23.3 Å². The zero-order valence-electron chi connectivity index (χ0n) is 17.9. The Balaban J connectivity index is 1.51. The highest BCUT2D eigenvalue weighted by molar-refractivity contribution is 7.92. The topological polar surface area (TPSA) is 84.5 Å². The van der Waals surface area contributed by atoms with Gasteiger partial charge in [0.1, 0.15) is 5.82 Å². The summed E-state index contributed by atoms with van der Waals surface area (Å²) in [6.07, 6.45) is 0.767. The van der Waals surface area contributed by atoms with Crippen molar-refractivity contribution in [3.8, 4) is 0 Å². The van der Waals surface area contributed by atoms with Gasteiger partial charge in [-0.25, -0.2) is 21.6 Å². The molecule has 1 amide bonds. The van der Waals surface area contributed by atoms with Crippen LogP contribution in [-0.2, 0) is 25.0 Å².